The van der Waals surface area contributed by atoms with Crippen molar-refractivity contribution in [3.8, 4) is 11.3 Å². The lowest BCUT2D eigenvalue weighted by Gasteiger charge is -2.27. The van der Waals surface area contributed by atoms with Crippen molar-refractivity contribution in [3.05, 3.63) is 42.4 Å². The predicted molar refractivity (Wildman–Crippen MR) is 90.1 cm³/mol. The third-order valence-electron chi connectivity index (χ3n) is 4.45. The van der Waals surface area contributed by atoms with Gasteiger partial charge in [0.2, 0.25) is 5.89 Å². The third-order valence-corrected chi connectivity index (χ3v) is 4.45. The van der Waals surface area contributed by atoms with Gasteiger partial charge in [-0.25, -0.2) is 9.78 Å². The molecule has 1 fully saturated rings. The van der Waals surface area contributed by atoms with Crippen LogP contribution in [0.3, 0.4) is 0 Å². The molecule has 0 bridgehead atoms. The lowest BCUT2D eigenvalue weighted by Crippen LogP contribution is -2.43. The van der Waals surface area contributed by atoms with Crippen molar-refractivity contribution in [1.29, 1.82) is 0 Å². The van der Waals surface area contributed by atoms with Gasteiger partial charge in [-0.3, -0.25) is 0 Å². The summed E-state index contributed by atoms with van der Waals surface area (Å²) < 4.78 is 5.66. The fourth-order valence-corrected chi connectivity index (χ4v) is 3.01. The van der Waals surface area contributed by atoms with Crippen LogP contribution < -0.4 is 10.6 Å². The second-order valence-corrected chi connectivity index (χ2v) is 6.21. The van der Waals surface area contributed by atoms with Gasteiger partial charge in [0.05, 0.1) is 12.7 Å². The molecule has 1 saturated carbocycles. The highest BCUT2D eigenvalue weighted by Gasteiger charge is 2.21. The second-order valence-electron chi connectivity index (χ2n) is 6.21. The molecule has 0 unspecified atom stereocenters. The van der Waals surface area contributed by atoms with E-state index < -0.39 is 0 Å². The zero-order valence-corrected chi connectivity index (χ0v) is 13.6. The molecular formula is C18H23N3O3. The molecule has 6 nitrogen and oxygen atoms in total. The number of rotatable bonds is 5. The number of carbonyl (C=O) groups is 1. The van der Waals surface area contributed by atoms with Crippen LogP contribution in [0.1, 0.15) is 31.6 Å². The first-order valence-corrected chi connectivity index (χ1v) is 8.40. The van der Waals surface area contributed by atoms with Crippen molar-refractivity contribution in [2.75, 3.05) is 6.61 Å². The summed E-state index contributed by atoms with van der Waals surface area (Å²) in [6.45, 7) is 0.497. The molecule has 1 aliphatic carbocycles. The summed E-state index contributed by atoms with van der Waals surface area (Å²) in [5, 5.41) is 14.9. The molecule has 0 atom stereocenters. The second kappa shape index (κ2) is 7.97. The Bertz CT molecular complexity index is 649. The van der Waals surface area contributed by atoms with Crippen molar-refractivity contribution in [3.63, 3.8) is 0 Å². The highest BCUT2D eigenvalue weighted by Crippen LogP contribution is 2.23. The van der Waals surface area contributed by atoms with Crippen LogP contribution in [0.2, 0.25) is 0 Å². The first-order chi connectivity index (χ1) is 11.7. The Morgan fingerprint density at radius 1 is 1.21 bits per heavy atom. The molecule has 3 rings (SSSR count). The molecule has 0 spiro atoms. The van der Waals surface area contributed by atoms with Crippen molar-refractivity contribution < 1.29 is 14.3 Å². The van der Waals surface area contributed by atoms with Gasteiger partial charge in [0, 0.05) is 18.2 Å². The number of nitrogens with one attached hydrogen (secondary N) is 2. The minimum absolute atomic E-state index is 0.178. The number of amides is 2. The monoisotopic (exact) mass is 329 g/mol. The molecule has 128 valence electrons. The van der Waals surface area contributed by atoms with Gasteiger partial charge in [0.1, 0.15) is 0 Å². The highest BCUT2D eigenvalue weighted by atomic mass is 16.4. The maximum absolute atomic E-state index is 12.0. The van der Waals surface area contributed by atoms with Crippen LogP contribution in [-0.4, -0.2) is 28.8 Å². The van der Waals surface area contributed by atoms with Crippen LogP contribution in [0.15, 0.2) is 40.9 Å². The Labute approximate surface area is 141 Å². The maximum atomic E-state index is 12.0. The number of nitrogens with zero attached hydrogens (tertiary/aromatic N) is 1. The molecule has 1 aromatic heterocycles. The summed E-state index contributed by atoms with van der Waals surface area (Å²) in [5.74, 6) is 1.55. The first kappa shape index (κ1) is 16.5. The fraction of sp³-hybridized carbons (Fsp3) is 0.444. The number of hydrogen-bond acceptors (Lipinski definition) is 4. The summed E-state index contributed by atoms with van der Waals surface area (Å²) in [6.07, 6.45) is 5.41. The number of hydrogen-bond donors (Lipinski definition) is 3. The lowest BCUT2D eigenvalue weighted by molar-refractivity contribution is 0.174. The van der Waals surface area contributed by atoms with Crippen molar-refractivity contribution >= 4 is 6.03 Å². The molecule has 24 heavy (non-hydrogen) atoms. The molecule has 0 saturated heterocycles. The first-order valence-electron chi connectivity index (χ1n) is 8.40. The van der Waals surface area contributed by atoms with Crippen LogP contribution in [-0.2, 0) is 6.54 Å². The predicted octanol–water partition coefficient (Wildman–Crippen LogP) is 2.69. The number of aromatic nitrogens is 1. The van der Waals surface area contributed by atoms with Gasteiger partial charge in [-0.05, 0) is 31.6 Å². The SMILES string of the molecule is O=C(NCc1ncc(-c2ccccc2)o1)NC1CCC(CO)CC1. The van der Waals surface area contributed by atoms with E-state index in [1.807, 2.05) is 30.3 Å². The van der Waals surface area contributed by atoms with E-state index in [9.17, 15) is 4.79 Å². The van der Waals surface area contributed by atoms with Gasteiger partial charge in [0.25, 0.3) is 0 Å². The van der Waals surface area contributed by atoms with E-state index in [-0.39, 0.29) is 25.2 Å². The highest BCUT2D eigenvalue weighted by molar-refractivity contribution is 5.74. The summed E-state index contributed by atoms with van der Waals surface area (Å²) in [4.78, 5) is 16.2. The largest absolute Gasteiger partial charge is 0.439 e. The van der Waals surface area contributed by atoms with Gasteiger partial charge in [-0.2, -0.15) is 0 Å². The summed E-state index contributed by atoms with van der Waals surface area (Å²) >= 11 is 0. The number of carbonyl (C=O) groups excluding carboxylic acids is 1. The Balaban J connectivity index is 1.44. The fourth-order valence-electron chi connectivity index (χ4n) is 3.01. The van der Waals surface area contributed by atoms with Crippen molar-refractivity contribution in [2.45, 2.75) is 38.3 Å². The Morgan fingerprint density at radius 3 is 2.67 bits per heavy atom. The molecular weight excluding hydrogens is 306 g/mol. The smallest absolute Gasteiger partial charge is 0.315 e. The van der Waals surface area contributed by atoms with Gasteiger partial charge in [-0.1, -0.05) is 30.3 Å². The van der Waals surface area contributed by atoms with E-state index in [0.29, 0.717) is 17.6 Å². The van der Waals surface area contributed by atoms with Crippen LogP contribution in [0.5, 0.6) is 0 Å². The van der Waals surface area contributed by atoms with E-state index in [4.69, 9.17) is 9.52 Å². The Hall–Kier alpha value is -2.34. The normalized spacial score (nSPS) is 20.5. The van der Waals surface area contributed by atoms with Gasteiger partial charge in [-0.15, -0.1) is 0 Å². The topological polar surface area (TPSA) is 87.4 Å². The number of benzene rings is 1. The molecule has 0 radical (unpaired) electrons. The van der Waals surface area contributed by atoms with Crippen LogP contribution in [0.25, 0.3) is 11.3 Å². The molecule has 0 aliphatic heterocycles. The number of oxazole rings is 1. The van der Waals surface area contributed by atoms with E-state index in [1.165, 1.54) is 0 Å². The average molecular weight is 329 g/mol. The standard InChI is InChI=1S/C18H23N3O3/c22-12-13-6-8-15(9-7-13)21-18(23)20-11-17-19-10-16(24-17)14-4-2-1-3-5-14/h1-5,10,13,15,22H,6-9,11-12H2,(H2,20,21,23). The molecule has 3 N–H and O–H groups in total. The number of aliphatic hydroxyl groups excluding tert-OH is 1. The maximum Gasteiger partial charge on any atom is 0.315 e. The van der Waals surface area contributed by atoms with Crippen LogP contribution in [0.4, 0.5) is 4.79 Å². The molecule has 2 amide bonds. The summed E-state index contributed by atoms with van der Waals surface area (Å²) in [5.41, 5.74) is 0.960. The lowest BCUT2D eigenvalue weighted by atomic mass is 9.87. The number of aliphatic hydroxyl groups is 1. The molecule has 1 heterocycles. The van der Waals surface area contributed by atoms with E-state index >= 15 is 0 Å². The average Bonchev–Trinajstić information content (AvgIpc) is 3.10. The molecule has 2 aromatic rings. The summed E-state index contributed by atoms with van der Waals surface area (Å²) in [7, 11) is 0. The third kappa shape index (κ3) is 4.35. The Morgan fingerprint density at radius 2 is 1.96 bits per heavy atom. The zero-order valence-electron chi connectivity index (χ0n) is 13.6. The quantitative estimate of drug-likeness (QED) is 0.787. The molecule has 1 aliphatic rings. The van der Waals surface area contributed by atoms with Gasteiger partial charge < -0.3 is 20.2 Å². The molecule has 6 heteroatoms. The van der Waals surface area contributed by atoms with Gasteiger partial charge >= 0.3 is 6.03 Å². The van der Waals surface area contributed by atoms with Crippen molar-refractivity contribution in [1.82, 2.24) is 15.6 Å². The minimum atomic E-state index is -0.207. The van der Waals surface area contributed by atoms with E-state index in [0.717, 1.165) is 31.2 Å². The van der Waals surface area contributed by atoms with Crippen molar-refractivity contribution in [2.24, 2.45) is 5.92 Å². The molecule has 1 aromatic carbocycles. The number of urea groups is 1. The summed E-state index contributed by atoms with van der Waals surface area (Å²) in [6, 6.07) is 9.70. The van der Waals surface area contributed by atoms with E-state index in [1.54, 1.807) is 6.20 Å². The van der Waals surface area contributed by atoms with Gasteiger partial charge in [0.15, 0.2) is 5.76 Å². The van der Waals surface area contributed by atoms with Crippen LogP contribution in [0, 0.1) is 5.92 Å². The minimum Gasteiger partial charge on any atom is -0.439 e. The zero-order chi connectivity index (χ0) is 16.8. The van der Waals surface area contributed by atoms with E-state index in [2.05, 4.69) is 15.6 Å². The van der Waals surface area contributed by atoms with Crippen LogP contribution >= 0.6 is 0 Å². The Kier molecular flexibility index (Phi) is 5.48.